The van der Waals surface area contributed by atoms with E-state index in [1.807, 2.05) is 12.1 Å². The number of phenolic OH excluding ortho intramolecular Hbond substituents is 1. The predicted octanol–water partition coefficient (Wildman–Crippen LogP) is 3.45. The molecule has 2 aromatic rings. The van der Waals surface area contributed by atoms with Gasteiger partial charge in [0.1, 0.15) is 11.3 Å². The molecular weight excluding hydrogens is 306 g/mol. The Labute approximate surface area is 141 Å². The number of phenols is 1. The Morgan fingerprint density at radius 1 is 1.17 bits per heavy atom. The highest BCUT2D eigenvalue weighted by Crippen LogP contribution is 2.20. The third kappa shape index (κ3) is 4.35. The summed E-state index contributed by atoms with van der Waals surface area (Å²) in [5.41, 5.74) is 2.66. The first-order valence-electron chi connectivity index (χ1n) is 7.81. The van der Waals surface area contributed by atoms with E-state index in [-0.39, 0.29) is 11.3 Å². The van der Waals surface area contributed by atoms with E-state index < -0.39 is 18.0 Å². The van der Waals surface area contributed by atoms with Crippen molar-refractivity contribution in [2.75, 3.05) is 5.32 Å². The number of ether oxygens (including phenoxy) is 1. The van der Waals surface area contributed by atoms with Gasteiger partial charge in [0.2, 0.25) is 0 Å². The maximum Gasteiger partial charge on any atom is 0.342 e. The molecule has 0 spiro atoms. The Morgan fingerprint density at radius 2 is 1.83 bits per heavy atom. The summed E-state index contributed by atoms with van der Waals surface area (Å²) >= 11 is 0. The van der Waals surface area contributed by atoms with Crippen molar-refractivity contribution < 1.29 is 19.4 Å². The molecule has 0 saturated carbocycles. The minimum atomic E-state index is -0.983. The number of esters is 1. The molecule has 0 radical (unpaired) electrons. The van der Waals surface area contributed by atoms with Crippen LogP contribution in [0.4, 0.5) is 5.69 Å². The van der Waals surface area contributed by atoms with Gasteiger partial charge in [-0.25, -0.2) is 4.79 Å². The first-order valence-corrected chi connectivity index (χ1v) is 7.81. The highest BCUT2D eigenvalue weighted by Gasteiger charge is 2.21. The molecule has 0 aliphatic rings. The zero-order valence-electron chi connectivity index (χ0n) is 14.0. The van der Waals surface area contributed by atoms with Crippen LogP contribution in [0, 0.1) is 6.92 Å². The van der Waals surface area contributed by atoms with Gasteiger partial charge in [-0.05, 0) is 50.1 Å². The van der Waals surface area contributed by atoms with Gasteiger partial charge in [-0.2, -0.15) is 0 Å². The molecule has 5 heteroatoms. The standard InChI is InChI=1S/C19H21NO4/c1-4-14-6-8-15(9-7-14)20-18(22)13(3)24-19(23)16-11-12(2)5-10-17(16)21/h5-11,13,21H,4H2,1-3H3,(H,20,22)/t13-/m0/s1. The van der Waals surface area contributed by atoms with Gasteiger partial charge in [0.15, 0.2) is 6.10 Å². The Hall–Kier alpha value is -2.82. The van der Waals surface area contributed by atoms with E-state index in [2.05, 4.69) is 12.2 Å². The lowest BCUT2D eigenvalue weighted by Gasteiger charge is -2.14. The molecule has 0 aromatic heterocycles. The minimum Gasteiger partial charge on any atom is -0.507 e. The molecule has 1 amide bonds. The van der Waals surface area contributed by atoms with Gasteiger partial charge in [-0.15, -0.1) is 0 Å². The van der Waals surface area contributed by atoms with Crippen molar-refractivity contribution in [1.29, 1.82) is 0 Å². The molecule has 2 aromatic carbocycles. The monoisotopic (exact) mass is 327 g/mol. The van der Waals surface area contributed by atoms with Crippen LogP contribution in [-0.2, 0) is 16.0 Å². The molecule has 2 rings (SSSR count). The maximum absolute atomic E-state index is 12.1. The molecule has 126 valence electrons. The van der Waals surface area contributed by atoms with Gasteiger partial charge in [0, 0.05) is 5.69 Å². The number of amides is 1. The molecular formula is C19H21NO4. The van der Waals surface area contributed by atoms with E-state index in [0.717, 1.165) is 12.0 Å². The van der Waals surface area contributed by atoms with Crippen LogP contribution >= 0.6 is 0 Å². The predicted molar refractivity (Wildman–Crippen MR) is 92.2 cm³/mol. The van der Waals surface area contributed by atoms with Crippen LogP contribution in [0.1, 0.15) is 35.3 Å². The normalized spacial score (nSPS) is 11.6. The molecule has 0 aliphatic heterocycles. The Bertz CT molecular complexity index is 738. The van der Waals surface area contributed by atoms with E-state index in [1.54, 1.807) is 25.1 Å². The second-order valence-electron chi connectivity index (χ2n) is 5.61. The summed E-state index contributed by atoms with van der Waals surface area (Å²) in [6.45, 7) is 5.34. The number of anilines is 1. The third-order valence-electron chi connectivity index (χ3n) is 3.65. The number of aromatic hydroxyl groups is 1. The van der Waals surface area contributed by atoms with Crippen molar-refractivity contribution in [2.45, 2.75) is 33.3 Å². The molecule has 0 aliphatic carbocycles. The number of nitrogens with one attached hydrogen (secondary N) is 1. The first-order chi connectivity index (χ1) is 11.4. The lowest BCUT2D eigenvalue weighted by Crippen LogP contribution is -2.30. The van der Waals surface area contributed by atoms with Crippen molar-refractivity contribution in [3.63, 3.8) is 0 Å². The van der Waals surface area contributed by atoms with Crippen molar-refractivity contribution in [3.8, 4) is 5.75 Å². The maximum atomic E-state index is 12.1. The number of hydrogen-bond donors (Lipinski definition) is 2. The lowest BCUT2D eigenvalue weighted by atomic mass is 10.1. The summed E-state index contributed by atoms with van der Waals surface area (Å²) in [6.07, 6.45) is -0.0642. The summed E-state index contributed by atoms with van der Waals surface area (Å²) in [5, 5.41) is 12.4. The Kier molecular flexibility index (Phi) is 5.58. The SMILES string of the molecule is CCc1ccc(NC(=O)[C@H](C)OC(=O)c2cc(C)ccc2O)cc1. The number of benzene rings is 2. The molecule has 5 nitrogen and oxygen atoms in total. The van der Waals surface area contributed by atoms with Gasteiger partial charge in [0.05, 0.1) is 0 Å². The van der Waals surface area contributed by atoms with Gasteiger partial charge in [0.25, 0.3) is 5.91 Å². The summed E-state index contributed by atoms with van der Waals surface area (Å²) in [7, 11) is 0. The number of hydrogen-bond acceptors (Lipinski definition) is 4. The van der Waals surface area contributed by atoms with E-state index in [1.165, 1.54) is 24.6 Å². The fourth-order valence-corrected chi connectivity index (χ4v) is 2.16. The van der Waals surface area contributed by atoms with Crippen molar-refractivity contribution in [1.82, 2.24) is 0 Å². The van der Waals surface area contributed by atoms with Crippen molar-refractivity contribution in [2.24, 2.45) is 0 Å². The van der Waals surface area contributed by atoms with Gasteiger partial charge < -0.3 is 15.2 Å². The first kappa shape index (κ1) is 17.5. The van der Waals surface area contributed by atoms with E-state index in [0.29, 0.717) is 5.69 Å². The molecule has 0 unspecified atom stereocenters. The number of aryl methyl sites for hydroxylation is 2. The third-order valence-corrected chi connectivity index (χ3v) is 3.65. The average Bonchev–Trinajstić information content (AvgIpc) is 2.57. The van der Waals surface area contributed by atoms with Crippen LogP contribution in [0.5, 0.6) is 5.75 Å². The molecule has 24 heavy (non-hydrogen) atoms. The summed E-state index contributed by atoms with van der Waals surface area (Å²) in [6, 6.07) is 12.1. The van der Waals surface area contributed by atoms with E-state index in [4.69, 9.17) is 4.74 Å². The van der Waals surface area contributed by atoms with Crippen LogP contribution in [0.3, 0.4) is 0 Å². The smallest absolute Gasteiger partial charge is 0.342 e. The lowest BCUT2D eigenvalue weighted by molar-refractivity contribution is -0.123. The van der Waals surface area contributed by atoms with E-state index >= 15 is 0 Å². The fraction of sp³-hybridized carbons (Fsp3) is 0.263. The largest absolute Gasteiger partial charge is 0.507 e. The summed E-state index contributed by atoms with van der Waals surface area (Å²) in [4.78, 5) is 24.2. The molecule has 0 fully saturated rings. The van der Waals surface area contributed by atoms with Crippen molar-refractivity contribution in [3.05, 3.63) is 59.2 Å². The van der Waals surface area contributed by atoms with Crippen LogP contribution in [0.25, 0.3) is 0 Å². The van der Waals surface area contributed by atoms with E-state index in [9.17, 15) is 14.7 Å². The summed E-state index contributed by atoms with van der Waals surface area (Å²) < 4.78 is 5.14. The van der Waals surface area contributed by atoms with Crippen LogP contribution < -0.4 is 5.32 Å². The number of carbonyl (C=O) groups excluding carboxylic acids is 2. The summed E-state index contributed by atoms with van der Waals surface area (Å²) in [5.74, 6) is -1.34. The fourth-order valence-electron chi connectivity index (χ4n) is 2.16. The molecule has 0 heterocycles. The average molecular weight is 327 g/mol. The number of carbonyl (C=O) groups is 2. The van der Waals surface area contributed by atoms with Gasteiger partial charge >= 0.3 is 5.97 Å². The molecule has 0 bridgehead atoms. The Morgan fingerprint density at radius 3 is 2.46 bits per heavy atom. The molecule has 1 atom stereocenters. The van der Waals surface area contributed by atoms with Gasteiger partial charge in [-0.3, -0.25) is 4.79 Å². The molecule has 2 N–H and O–H groups in total. The quantitative estimate of drug-likeness (QED) is 0.825. The minimum absolute atomic E-state index is 0.0435. The van der Waals surface area contributed by atoms with Crippen LogP contribution in [0.15, 0.2) is 42.5 Å². The zero-order valence-corrected chi connectivity index (χ0v) is 14.0. The Balaban J connectivity index is 2.00. The second-order valence-corrected chi connectivity index (χ2v) is 5.61. The van der Waals surface area contributed by atoms with Crippen LogP contribution in [0.2, 0.25) is 0 Å². The second kappa shape index (κ2) is 7.64. The van der Waals surface area contributed by atoms with Gasteiger partial charge in [-0.1, -0.05) is 30.7 Å². The van der Waals surface area contributed by atoms with Crippen LogP contribution in [-0.4, -0.2) is 23.1 Å². The highest BCUT2D eigenvalue weighted by molar-refractivity contribution is 5.98. The molecule has 0 saturated heterocycles. The number of rotatable bonds is 5. The topological polar surface area (TPSA) is 75.6 Å². The zero-order chi connectivity index (χ0) is 17.7. The highest BCUT2D eigenvalue weighted by atomic mass is 16.5. The van der Waals surface area contributed by atoms with Crippen molar-refractivity contribution >= 4 is 17.6 Å².